The molecular formula is C14H23NO2S. The third-order valence-corrected chi connectivity index (χ3v) is 4.33. The van der Waals surface area contributed by atoms with Gasteiger partial charge in [-0.2, -0.15) is 0 Å². The van der Waals surface area contributed by atoms with Crippen LogP contribution >= 0.6 is 11.3 Å². The summed E-state index contributed by atoms with van der Waals surface area (Å²) in [5.41, 5.74) is 0. The van der Waals surface area contributed by atoms with Crippen LogP contribution in [0.2, 0.25) is 0 Å². The Morgan fingerprint density at radius 1 is 1.39 bits per heavy atom. The summed E-state index contributed by atoms with van der Waals surface area (Å²) in [6, 6.07) is 3.84. The summed E-state index contributed by atoms with van der Waals surface area (Å²) in [6.07, 6.45) is 1.69. The highest BCUT2D eigenvalue weighted by atomic mass is 32.1. The number of carboxylic acids is 1. The molecule has 0 amide bonds. The minimum atomic E-state index is -0.761. The molecule has 102 valence electrons. The first kappa shape index (κ1) is 15.2. The maximum absolute atomic E-state index is 11.2. The lowest BCUT2D eigenvalue weighted by Crippen LogP contribution is -2.39. The van der Waals surface area contributed by atoms with E-state index < -0.39 is 12.0 Å². The van der Waals surface area contributed by atoms with Gasteiger partial charge in [0.25, 0.3) is 0 Å². The molecule has 2 atom stereocenters. The van der Waals surface area contributed by atoms with Gasteiger partial charge in [-0.05, 0) is 37.8 Å². The summed E-state index contributed by atoms with van der Waals surface area (Å²) in [5.74, 6) is -0.386. The normalized spacial score (nSPS) is 14.7. The van der Waals surface area contributed by atoms with Gasteiger partial charge < -0.3 is 5.11 Å². The Morgan fingerprint density at radius 3 is 2.50 bits per heavy atom. The van der Waals surface area contributed by atoms with Gasteiger partial charge in [-0.3, -0.25) is 10.1 Å². The van der Waals surface area contributed by atoms with Crippen LogP contribution in [0.3, 0.4) is 0 Å². The number of hydrogen-bond donors (Lipinski definition) is 2. The Morgan fingerprint density at radius 2 is 2.06 bits per heavy atom. The van der Waals surface area contributed by atoms with Crippen LogP contribution < -0.4 is 5.32 Å². The maximum atomic E-state index is 11.2. The molecule has 0 fully saturated rings. The van der Waals surface area contributed by atoms with E-state index in [4.69, 9.17) is 0 Å². The van der Waals surface area contributed by atoms with E-state index in [-0.39, 0.29) is 6.04 Å². The van der Waals surface area contributed by atoms with Gasteiger partial charge >= 0.3 is 5.97 Å². The summed E-state index contributed by atoms with van der Waals surface area (Å²) >= 11 is 1.76. The molecule has 0 saturated carbocycles. The van der Waals surface area contributed by atoms with Crippen molar-refractivity contribution in [2.75, 3.05) is 0 Å². The Labute approximate surface area is 113 Å². The zero-order valence-corrected chi connectivity index (χ0v) is 12.4. The van der Waals surface area contributed by atoms with Crippen LogP contribution in [0.5, 0.6) is 0 Å². The number of carbonyl (C=O) groups is 1. The number of carboxylic acid groups (broad SMARTS) is 1. The maximum Gasteiger partial charge on any atom is 0.320 e. The number of thiophene rings is 1. The van der Waals surface area contributed by atoms with E-state index in [1.165, 1.54) is 9.75 Å². The fourth-order valence-corrected chi connectivity index (χ4v) is 2.88. The van der Waals surface area contributed by atoms with Crippen LogP contribution in [0.15, 0.2) is 12.1 Å². The number of rotatable bonds is 7. The molecule has 2 N–H and O–H groups in total. The monoisotopic (exact) mass is 269 g/mol. The average Bonchev–Trinajstić information content (AvgIpc) is 2.75. The van der Waals surface area contributed by atoms with Gasteiger partial charge in [0, 0.05) is 15.8 Å². The molecule has 0 aliphatic rings. The summed E-state index contributed by atoms with van der Waals surface area (Å²) in [4.78, 5) is 13.8. The van der Waals surface area contributed by atoms with Crippen molar-refractivity contribution in [1.29, 1.82) is 0 Å². The molecule has 0 bridgehead atoms. The van der Waals surface area contributed by atoms with Gasteiger partial charge in [-0.1, -0.05) is 20.8 Å². The standard InChI is InChI=1S/C14H23NO2S/c1-5-11-6-7-13(18-11)10(4)15-12(14(16)17)8-9(2)3/h6-7,9-10,12,15H,5,8H2,1-4H3,(H,16,17). The second-order valence-corrected chi connectivity index (χ2v) is 6.27. The lowest BCUT2D eigenvalue weighted by atomic mass is 10.0. The third-order valence-electron chi connectivity index (χ3n) is 2.91. The van der Waals surface area contributed by atoms with Crippen molar-refractivity contribution < 1.29 is 9.90 Å². The Bertz CT molecular complexity index is 387. The summed E-state index contributed by atoms with van der Waals surface area (Å²) in [7, 11) is 0. The minimum absolute atomic E-state index is 0.0927. The summed E-state index contributed by atoms with van der Waals surface area (Å²) in [6.45, 7) is 8.25. The van der Waals surface area contributed by atoms with E-state index in [0.29, 0.717) is 12.3 Å². The van der Waals surface area contributed by atoms with Crippen LogP contribution in [-0.4, -0.2) is 17.1 Å². The topological polar surface area (TPSA) is 49.3 Å². The zero-order chi connectivity index (χ0) is 13.7. The summed E-state index contributed by atoms with van der Waals surface area (Å²) in [5, 5.41) is 12.4. The van der Waals surface area contributed by atoms with Crippen LogP contribution in [0.1, 0.15) is 49.9 Å². The molecule has 0 aliphatic carbocycles. The lowest BCUT2D eigenvalue weighted by Gasteiger charge is -2.20. The van der Waals surface area contributed by atoms with Crippen LogP contribution in [0.4, 0.5) is 0 Å². The largest absolute Gasteiger partial charge is 0.480 e. The van der Waals surface area contributed by atoms with Crippen molar-refractivity contribution >= 4 is 17.3 Å². The molecule has 1 aromatic rings. The summed E-state index contributed by atoms with van der Waals surface area (Å²) < 4.78 is 0. The van der Waals surface area contributed by atoms with Gasteiger partial charge in [0.2, 0.25) is 0 Å². The van der Waals surface area contributed by atoms with E-state index in [1.54, 1.807) is 11.3 Å². The molecule has 1 heterocycles. The number of aryl methyl sites for hydroxylation is 1. The molecule has 0 radical (unpaired) electrons. The first-order chi connectivity index (χ1) is 8.43. The van der Waals surface area contributed by atoms with Crippen molar-refractivity contribution in [2.24, 2.45) is 5.92 Å². The molecule has 4 heteroatoms. The number of aliphatic carboxylic acids is 1. The number of nitrogens with one attached hydrogen (secondary N) is 1. The lowest BCUT2D eigenvalue weighted by molar-refractivity contribution is -0.140. The quantitative estimate of drug-likeness (QED) is 0.797. The molecule has 0 saturated heterocycles. The Kier molecular flexibility index (Phi) is 5.82. The van der Waals surface area contributed by atoms with E-state index in [2.05, 4.69) is 24.4 Å². The average molecular weight is 269 g/mol. The van der Waals surface area contributed by atoms with Gasteiger partial charge in [0.15, 0.2) is 0 Å². The highest BCUT2D eigenvalue weighted by Gasteiger charge is 2.21. The molecule has 1 rings (SSSR count). The Balaban J connectivity index is 2.65. The molecule has 1 aromatic heterocycles. The van der Waals surface area contributed by atoms with Crippen LogP contribution in [-0.2, 0) is 11.2 Å². The Hall–Kier alpha value is -0.870. The third kappa shape index (κ3) is 4.42. The van der Waals surface area contributed by atoms with Crippen LogP contribution in [0.25, 0.3) is 0 Å². The van der Waals surface area contributed by atoms with E-state index >= 15 is 0 Å². The van der Waals surface area contributed by atoms with Gasteiger partial charge in [-0.25, -0.2) is 0 Å². The van der Waals surface area contributed by atoms with Crippen molar-refractivity contribution in [3.63, 3.8) is 0 Å². The smallest absolute Gasteiger partial charge is 0.320 e. The van der Waals surface area contributed by atoms with E-state index in [9.17, 15) is 9.90 Å². The van der Waals surface area contributed by atoms with Crippen LogP contribution in [0, 0.1) is 5.92 Å². The number of hydrogen-bond acceptors (Lipinski definition) is 3. The predicted molar refractivity (Wildman–Crippen MR) is 76.1 cm³/mol. The SMILES string of the molecule is CCc1ccc(C(C)NC(CC(C)C)C(=O)O)s1. The molecule has 0 spiro atoms. The highest BCUT2D eigenvalue weighted by Crippen LogP contribution is 2.24. The molecule has 18 heavy (non-hydrogen) atoms. The second kappa shape index (κ2) is 6.90. The zero-order valence-electron chi connectivity index (χ0n) is 11.6. The van der Waals surface area contributed by atoms with Crippen molar-refractivity contribution in [3.8, 4) is 0 Å². The molecular weight excluding hydrogens is 246 g/mol. The van der Waals surface area contributed by atoms with Gasteiger partial charge in [0.1, 0.15) is 6.04 Å². The molecule has 2 unspecified atom stereocenters. The van der Waals surface area contributed by atoms with E-state index in [1.807, 2.05) is 20.8 Å². The van der Waals surface area contributed by atoms with Crippen molar-refractivity contribution in [1.82, 2.24) is 5.32 Å². The fourth-order valence-electron chi connectivity index (χ4n) is 1.91. The van der Waals surface area contributed by atoms with E-state index in [0.717, 1.165) is 6.42 Å². The first-order valence-electron chi connectivity index (χ1n) is 6.51. The van der Waals surface area contributed by atoms with Crippen molar-refractivity contribution in [2.45, 2.75) is 52.6 Å². The first-order valence-corrected chi connectivity index (χ1v) is 7.33. The highest BCUT2D eigenvalue weighted by molar-refractivity contribution is 7.12. The molecule has 0 aliphatic heterocycles. The minimum Gasteiger partial charge on any atom is -0.480 e. The molecule has 3 nitrogen and oxygen atoms in total. The van der Waals surface area contributed by atoms with Gasteiger partial charge in [0.05, 0.1) is 0 Å². The van der Waals surface area contributed by atoms with Gasteiger partial charge in [-0.15, -0.1) is 11.3 Å². The predicted octanol–water partition coefficient (Wildman–Crippen LogP) is 3.46. The second-order valence-electron chi connectivity index (χ2n) is 5.07. The molecule has 0 aromatic carbocycles. The fraction of sp³-hybridized carbons (Fsp3) is 0.643. The van der Waals surface area contributed by atoms with Crippen molar-refractivity contribution in [3.05, 3.63) is 21.9 Å².